The molecule has 0 radical (unpaired) electrons. The highest BCUT2D eigenvalue weighted by Gasteiger charge is 2.19. The molecule has 0 unspecified atom stereocenters. The van der Waals surface area contributed by atoms with Crippen LogP contribution in [0.25, 0.3) is 33.2 Å². The maximum atomic E-state index is 9.23. The standard InChI is InChI=1S/C25H21N2/c1-17-13-22(20-7-5-4-6-8-20)15-24(18(17)2)25-23-10-9-19(16-26)14-21(23)11-12-27(25)3/h4-15H,1-3H3/q+1. The Morgan fingerprint density at radius 2 is 1.63 bits per heavy atom. The normalized spacial score (nSPS) is 10.7. The van der Waals surface area contributed by atoms with Gasteiger partial charge in [-0.05, 0) is 65.8 Å². The third kappa shape index (κ3) is 2.98. The average Bonchev–Trinajstić information content (AvgIpc) is 2.70. The van der Waals surface area contributed by atoms with E-state index >= 15 is 0 Å². The van der Waals surface area contributed by atoms with Crippen molar-refractivity contribution in [2.45, 2.75) is 13.8 Å². The first-order valence-electron chi connectivity index (χ1n) is 9.08. The highest BCUT2D eigenvalue weighted by atomic mass is 14.9. The molecular formula is C25H21N2+. The number of nitrogens with zero attached hydrogens (tertiary/aromatic N) is 2. The van der Waals surface area contributed by atoms with Gasteiger partial charge in [-0.15, -0.1) is 0 Å². The molecule has 130 valence electrons. The molecule has 0 atom stereocenters. The van der Waals surface area contributed by atoms with Gasteiger partial charge in [-0.1, -0.05) is 36.4 Å². The minimum Gasteiger partial charge on any atom is -0.200 e. The van der Waals surface area contributed by atoms with Gasteiger partial charge in [0.25, 0.3) is 0 Å². The quantitative estimate of drug-likeness (QED) is 0.440. The van der Waals surface area contributed by atoms with E-state index in [9.17, 15) is 5.26 Å². The average molecular weight is 349 g/mol. The summed E-state index contributed by atoms with van der Waals surface area (Å²) in [6.45, 7) is 4.35. The van der Waals surface area contributed by atoms with Crippen molar-refractivity contribution >= 4 is 10.8 Å². The van der Waals surface area contributed by atoms with E-state index in [0.717, 1.165) is 10.8 Å². The largest absolute Gasteiger partial charge is 0.220 e. The molecule has 0 aliphatic carbocycles. The van der Waals surface area contributed by atoms with Crippen LogP contribution in [0.15, 0.2) is 72.9 Å². The Morgan fingerprint density at radius 3 is 2.37 bits per heavy atom. The minimum atomic E-state index is 0.688. The van der Waals surface area contributed by atoms with Crippen LogP contribution < -0.4 is 4.57 Å². The van der Waals surface area contributed by atoms with Crippen LogP contribution in [0.3, 0.4) is 0 Å². The van der Waals surface area contributed by atoms with Crippen molar-refractivity contribution in [1.82, 2.24) is 0 Å². The monoisotopic (exact) mass is 349 g/mol. The number of hydrogen-bond donors (Lipinski definition) is 0. The van der Waals surface area contributed by atoms with E-state index in [1.54, 1.807) is 0 Å². The van der Waals surface area contributed by atoms with Gasteiger partial charge in [-0.25, -0.2) is 4.57 Å². The number of pyridine rings is 1. The summed E-state index contributed by atoms with van der Waals surface area (Å²) in [6.07, 6.45) is 2.07. The third-order valence-corrected chi connectivity index (χ3v) is 5.30. The smallest absolute Gasteiger partial charge is 0.200 e. The molecule has 0 aliphatic rings. The summed E-state index contributed by atoms with van der Waals surface area (Å²) < 4.78 is 2.17. The molecule has 0 fully saturated rings. The first-order valence-corrected chi connectivity index (χ1v) is 9.08. The molecule has 0 aliphatic heterocycles. The van der Waals surface area contributed by atoms with Crippen LogP contribution in [0, 0.1) is 25.2 Å². The fourth-order valence-corrected chi connectivity index (χ4v) is 3.68. The first kappa shape index (κ1) is 17.0. The molecule has 0 spiro atoms. The molecular weight excluding hydrogens is 328 g/mol. The second-order valence-electron chi connectivity index (χ2n) is 7.02. The lowest BCUT2D eigenvalue weighted by Crippen LogP contribution is -2.30. The van der Waals surface area contributed by atoms with Gasteiger partial charge in [0.05, 0.1) is 22.6 Å². The molecule has 2 heteroatoms. The van der Waals surface area contributed by atoms with Gasteiger partial charge in [0.2, 0.25) is 5.69 Å². The number of benzene rings is 3. The summed E-state index contributed by atoms with van der Waals surface area (Å²) in [5.41, 5.74) is 8.09. The zero-order valence-electron chi connectivity index (χ0n) is 15.8. The highest BCUT2D eigenvalue weighted by Crippen LogP contribution is 2.33. The van der Waals surface area contributed by atoms with E-state index in [1.807, 2.05) is 18.2 Å². The van der Waals surface area contributed by atoms with Gasteiger partial charge in [0, 0.05) is 6.07 Å². The van der Waals surface area contributed by atoms with E-state index in [4.69, 9.17) is 0 Å². The van der Waals surface area contributed by atoms with E-state index in [0.29, 0.717) is 5.56 Å². The summed E-state index contributed by atoms with van der Waals surface area (Å²) in [4.78, 5) is 0. The molecule has 0 amide bonds. The van der Waals surface area contributed by atoms with Crippen LogP contribution in [0.1, 0.15) is 16.7 Å². The number of aromatic nitrogens is 1. The third-order valence-electron chi connectivity index (χ3n) is 5.30. The van der Waals surface area contributed by atoms with Crippen LogP contribution in [-0.2, 0) is 7.05 Å². The predicted molar refractivity (Wildman–Crippen MR) is 110 cm³/mol. The highest BCUT2D eigenvalue weighted by molar-refractivity contribution is 5.95. The molecule has 27 heavy (non-hydrogen) atoms. The van der Waals surface area contributed by atoms with Gasteiger partial charge in [-0.2, -0.15) is 5.26 Å². The molecule has 2 nitrogen and oxygen atoms in total. The first-order chi connectivity index (χ1) is 13.1. The van der Waals surface area contributed by atoms with Crippen LogP contribution in [-0.4, -0.2) is 0 Å². The Balaban J connectivity index is 2.03. The molecule has 0 N–H and O–H groups in total. The van der Waals surface area contributed by atoms with E-state index in [-0.39, 0.29) is 0 Å². The van der Waals surface area contributed by atoms with E-state index in [1.165, 1.54) is 33.5 Å². The number of rotatable bonds is 2. The Labute approximate surface area is 160 Å². The van der Waals surface area contributed by atoms with Crippen molar-refractivity contribution in [3.8, 4) is 28.5 Å². The van der Waals surface area contributed by atoms with Gasteiger partial charge < -0.3 is 0 Å². The lowest BCUT2D eigenvalue weighted by molar-refractivity contribution is -0.659. The number of aryl methyl sites for hydroxylation is 2. The summed E-state index contributed by atoms with van der Waals surface area (Å²) >= 11 is 0. The fraction of sp³-hybridized carbons (Fsp3) is 0.120. The predicted octanol–water partition coefficient (Wildman–Crippen LogP) is 5.49. The molecule has 4 aromatic rings. The molecule has 1 aromatic heterocycles. The SMILES string of the molecule is Cc1cc(-c2ccccc2)cc(-c2c3ccc(C#N)cc3cc[n+]2C)c1C. The van der Waals surface area contributed by atoms with Crippen molar-refractivity contribution < 1.29 is 4.57 Å². The zero-order chi connectivity index (χ0) is 19.0. The Hall–Kier alpha value is -3.44. The van der Waals surface area contributed by atoms with Gasteiger partial charge >= 0.3 is 0 Å². The Morgan fingerprint density at radius 1 is 0.852 bits per heavy atom. The fourth-order valence-electron chi connectivity index (χ4n) is 3.68. The van der Waals surface area contributed by atoms with Crippen LogP contribution in [0.4, 0.5) is 0 Å². The van der Waals surface area contributed by atoms with Gasteiger partial charge in [0.1, 0.15) is 7.05 Å². The Bertz CT molecular complexity index is 1200. The maximum absolute atomic E-state index is 9.23. The zero-order valence-corrected chi connectivity index (χ0v) is 15.8. The number of hydrogen-bond acceptors (Lipinski definition) is 1. The number of fused-ring (bicyclic) bond motifs is 1. The second-order valence-corrected chi connectivity index (χ2v) is 7.02. The van der Waals surface area contributed by atoms with Crippen molar-refractivity contribution in [3.05, 3.63) is 89.6 Å². The molecule has 0 saturated carbocycles. The maximum Gasteiger partial charge on any atom is 0.220 e. The lowest BCUT2D eigenvalue weighted by atomic mass is 9.92. The van der Waals surface area contributed by atoms with Crippen LogP contribution in [0.2, 0.25) is 0 Å². The van der Waals surface area contributed by atoms with Crippen LogP contribution in [0.5, 0.6) is 0 Å². The Kier molecular flexibility index (Phi) is 4.22. The topological polar surface area (TPSA) is 27.7 Å². The lowest BCUT2D eigenvalue weighted by Gasteiger charge is -2.13. The molecule has 0 bridgehead atoms. The van der Waals surface area contributed by atoms with Crippen molar-refractivity contribution in [2.24, 2.45) is 7.05 Å². The van der Waals surface area contributed by atoms with Crippen LogP contribution >= 0.6 is 0 Å². The molecule has 1 heterocycles. The number of nitriles is 1. The van der Waals surface area contributed by atoms with Crippen molar-refractivity contribution in [2.75, 3.05) is 0 Å². The molecule has 0 saturated heterocycles. The second kappa shape index (κ2) is 6.70. The van der Waals surface area contributed by atoms with Crippen molar-refractivity contribution in [1.29, 1.82) is 5.26 Å². The summed E-state index contributed by atoms with van der Waals surface area (Å²) in [5.74, 6) is 0. The molecule has 3 aromatic carbocycles. The van der Waals surface area contributed by atoms with Crippen molar-refractivity contribution in [3.63, 3.8) is 0 Å². The molecule has 4 rings (SSSR count). The summed E-state index contributed by atoms with van der Waals surface area (Å²) in [7, 11) is 2.08. The minimum absolute atomic E-state index is 0.688. The van der Waals surface area contributed by atoms with Gasteiger partial charge in [0.15, 0.2) is 6.20 Å². The van der Waals surface area contributed by atoms with Gasteiger partial charge in [-0.3, -0.25) is 0 Å². The summed E-state index contributed by atoms with van der Waals surface area (Å²) in [5, 5.41) is 11.5. The summed E-state index contributed by atoms with van der Waals surface area (Å²) in [6, 6.07) is 25.3. The van der Waals surface area contributed by atoms with E-state index < -0.39 is 0 Å². The van der Waals surface area contributed by atoms with E-state index in [2.05, 4.69) is 86.3 Å².